The lowest BCUT2D eigenvalue weighted by atomic mass is 10.0. The van der Waals surface area contributed by atoms with Gasteiger partial charge in [0, 0.05) is 16.8 Å². The topological polar surface area (TPSA) is 79.4 Å². The van der Waals surface area contributed by atoms with Crippen molar-refractivity contribution >= 4 is 11.8 Å². The van der Waals surface area contributed by atoms with E-state index >= 15 is 0 Å². The number of benzene rings is 1. The molecule has 0 aliphatic heterocycles. The summed E-state index contributed by atoms with van der Waals surface area (Å²) in [7, 11) is 0. The largest absolute Gasteiger partial charge is 0.450 e. The Hall–Kier alpha value is -2.40. The number of hydrogen-bond acceptors (Lipinski definition) is 4. The molecule has 24 heavy (non-hydrogen) atoms. The van der Waals surface area contributed by atoms with Crippen LogP contribution >= 0.6 is 0 Å². The molecule has 0 saturated heterocycles. The van der Waals surface area contributed by atoms with Crippen LogP contribution in [0.3, 0.4) is 0 Å². The Kier molecular flexibility index (Phi) is 5.24. The summed E-state index contributed by atoms with van der Waals surface area (Å²) in [6, 6.07) is 7.12. The number of aromatic nitrogens is 1. The fourth-order valence-corrected chi connectivity index (χ4v) is 2.82. The maximum Gasteiger partial charge on any atom is 0.355 e. The van der Waals surface area contributed by atoms with Crippen LogP contribution in [0.2, 0.25) is 0 Å². The van der Waals surface area contributed by atoms with Gasteiger partial charge in [0.15, 0.2) is 6.10 Å². The molecule has 2 atom stereocenters. The number of carbonyl (C=O) groups excluding carboxylic acids is 2. The van der Waals surface area contributed by atoms with Gasteiger partial charge in [0.25, 0.3) is 0 Å². The smallest absolute Gasteiger partial charge is 0.355 e. The minimum absolute atomic E-state index is 0.250. The highest BCUT2D eigenvalue weighted by molar-refractivity contribution is 6.01. The third kappa shape index (κ3) is 3.57. The summed E-state index contributed by atoms with van der Waals surface area (Å²) in [5.41, 5.74) is 3.87. The van der Waals surface area contributed by atoms with Crippen LogP contribution < -0.4 is 0 Å². The van der Waals surface area contributed by atoms with Gasteiger partial charge in [0.2, 0.25) is 5.78 Å². The zero-order valence-corrected chi connectivity index (χ0v) is 14.6. The number of H-pyrrole nitrogens is 1. The summed E-state index contributed by atoms with van der Waals surface area (Å²) in [5.74, 6) is -0.851. The van der Waals surface area contributed by atoms with Crippen molar-refractivity contribution in [2.45, 2.75) is 46.8 Å². The van der Waals surface area contributed by atoms with Gasteiger partial charge in [-0.2, -0.15) is 0 Å². The number of hydrogen-bond donors (Lipinski definition) is 2. The standard InChI is InChI=1S/C19H23NO4/c1-10-6-8-15(9-7-10)18(22)14(5)24-19(23)17-11(2)16(13(4)21)12(3)20-17/h6-9,13-14,20-21H,1-5H3/t13-,14+/m0/s1. The van der Waals surface area contributed by atoms with Crippen LogP contribution in [-0.4, -0.2) is 27.9 Å². The number of aryl methyl sites for hydroxylation is 2. The van der Waals surface area contributed by atoms with E-state index in [1.165, 1.54) is 0 Å². The van der Waals surface area contributed by atoms with Gasteiger partial charge in [-0.1, -0.05) is 29.8 Å². The van der Waals surface area contributed by atoms with Gasteiger partial charge in [-0.3, -0.25) is 4.79 Å². The molecule has 0 spiro atoms. The quantitative estimate of drug-likeness (QED) is 0.651. The Labute approximate surface area is 141 Å². The van der Waals surface area contributed by atoms with Crippen LogP contribution in [0.4, 0.5) is 0 Å². The summed E-state index contributed by atoms with van der Waals surface area (Å²) in [4.78, 5) is 27.7. The molecule has 0 saturated carbocycles. The zero-order chi connectivity index (χ0) is 18.0. The van der Waals surface area contributed by atoms with E-state index in [0.29, 0.717) is 22.4 Å². The van der Waals surface area contributed by atoms with Gasteiger partial charge < -0.3 is 14.8 Å². The average molecular weight is 329 g/mol. The molecule has 1 heterocycles. The first-order valence-corrected chi connectivity index (χ1v) is 7.91. The molecule has 0 fully saturated rings. The first kappa shape index (κ1) is 17.9. The molecule has 1 aromatic heterocycles. The van der Waals surface area contributed by atoms with Gasteiger partial charge in [-0.25, -0.2) is 4.79 Å². The Bertz CT molecular complexity index is 756. The molecular formula is C19H23NO4. The third-order valence-corrected chi connectivity index (χ3v) is 4.11. The molecule has 128 valence electrons. The maximum atomic E-state index is 12.4. The van der Waals surface area contributed by atoms with Crippen LogP contribution in [-0.2, 0) is 4.74 Å². The summed E-state index contributed by atoms with van der Waals surface area (Å²) in [5, 5.41) is 9.80. The Morgan fingerprint density at radius 3 is 2.17 bits per heavy atom. The van der Waals surface area contributed by atoms with E-state index in [9.17, 15) is 14.7 Å². The van der Waals surface area contributed by atoms with E-state index in [1.807, 2.05) is 19.1 Å². The first-order valence-electron chi connectivity index (χ1n) is 7.91. The molecule has 0 bridgehead atoms. The fourth-order valence-electron chi connectivity index (χ4n) is 2.82. The van der Waals surface area contributed by atoms with Crippen molar-refractivity contribution in [2.75, 3.05) is 0 Å². The molecule has 0 aliphatic carbocycles. The average Bonchev–Trinajstić information content (AvgIpc) is 2.82. The summed E-state index contributed by atoms with van der Waals surface area (Å²) in [6.07, 6.45) is -1.58. The van der Waals surface area contributed by atoms with Crippen LogP contribution in [0.25, 0.3) is 0 Å². The van der Waals surface area contributed by atoms with Crippen molar-refractivity contribution < 1.29 is 19.4 Å². The van der Waals surface area contributed by atoms with Crippen LogP contribution in [0.1, 0.15) is 63.2 Å². The number of aliphatic hydroxyl groups excluding tert-OH is 1. The van der Waals surface area contributed by atoms with Crippen molar-refractivity contribution in [1.82, 2.24) is 4.98 Å². The van der Waals surface area contributed by atoms with Crippen molar-refractivity contribution in [3.63, 3.8) is 0 Å². The Balaban J connectivity index is 2.16. The molecule has 5 nitrogen and oxygen atoms in total. The lowest BCUT2D eigenvalue weighted by molar-refractivity contribution is 0.0313. The van der Waals surface area contributed by atoms with Gasteiger partial charge in [0.1, 0.15) is 5.69 Å². The van der Waals surface area contributed by atoms with Gasteiger partial charge >= 0.3 is 5.97 Å². The SMILES string of the molecule is Cc1ccc(C(=O)[C@@H](C)OC(=O)c2[nH]c(C)c([C@H](C)O)c2C)cc1. The van der Waals surface area contributed by atoms with E-state index in [1.54, 1.807) is 39.8 Å². The lowest BCUT2D eigenvalue weighted by Crippen LogP contribution is -2.25. The minimum atomic E-state index is -0.891. The molecular weight excluding hydrogens is 306 g/mol. The first-order chi connectivity index (χ1) is 11.2. The van der Waals surface area contributed by atoms with Gasteiger partial charge in [-0.15, -0.1) is 0 Å². The fraction of sp³-hybridized carbons (Fsp3) is 0.368. The number of carbonyl (C=O) groups is 2. The van der Waals surface area contributed by atoms with Crippen LogP contribution in [0.5, 0.6) is 0 Å². The molecule has 2 rings (SSSR count). The number of esters is 1. The number of ether oxygens (including phenoxy) is 1. The highest BCUT2D eigenvalue weighted by Crippen LogP contribution is 2.25. The minimum Gasteiger partial charge on any atom is -0.450 e. The number of rotatable bonds is 5. The second-order valence-electron chi connectivity index (χ2n) is 6.12. The molecule has 2 N–H and O–H groups in total. The predicted molar refractivity (Wildman–Crippen MR) is 91.3 cm³/mol. The van der Waals surface area contributed by atoms with Crippen molar-refractivity contribution in [3.05, 3.63) is 57.9 Å². The van der Waals surface area contributed by atoms with Gasteiger partial charge in [0.05, 0.1) is 6.10 Å². The Morgan fingerprint density at radius 2 is 1.67 bits per heavy atom. The molecule has 0 aliphatic rings. The van der Waals surface area contributed by atoms with E-state index < -0.39 is 18.2 Å². The number of ketones is 1. The van der Waals surface area contributed by atoms with Crippen molar-refractivity contribution in [3.8, 4) is 0 Å². The molecule has 5 heteroatoms. The monoisotopic (exact) mass is 329 g/mol. The second-order valence-corrected chi connectivity index (χ2v) is 6.12. The molecule has 2 aromatic rings. The van der Waals surface area contributed by atoms with Gasteiger partial charge in [-0.05, 0) is 40.2 Å². The van der Waals surface area contributed by atoms with Crippen LogP contribution in [0.15, 0.2) is 24.3 Å². The number of aliphatic hydroxyl groups is 1. The summed E-state index contributed by atoms with van der Waals surface area (Å²) >= 11 is 0. The van der Waals surface area contributed by atoms with E-state index in [-0.39, 0.29) is 11.5 Å². The third-order valence-electron chi connectivity index (χ3n) is 4.11. The molecule has 0 unspecified atom stereocenters. The van der Waals surface area contributed by atoms with E-state index in [2.05, 4.69) is 4.98 Å². The normalized spacial score (nSPS) is 13.4. The predicted octanol–water partition coefficient (Wildman–Crippen LogP) is 3.42. The van der Waals surface area contributed by atoms with Crippen LogP contribution in [0, 0.1) is 20.8 Å². The summed E-state index contributed by atoms with van der Waals surface area (Å²) in [6.45, 7) is 8.66. The highest BCUT2D eigenvalue weighted by atomic mass is 16.5. The molecule has 0 radical (unpaired) electrons. The Morgan fingerprint density at radius 1 is 1.08 bits per heavy atom. The zero-order valence-electron chi connectivity index (χ0n) is 14.6. The number of aromatic amines is 1. The van der Waals surface area contributed by atoms with Crippen molar-refractivity contribution in [1.29, 1.82) is 0 Å². The second kappa shape index (κ2) is 7.01. The number of Topliss-reactive ketones (excluding diaryl/α,β-unsaturated/α-hetero) is 1. The molecule has 1 aromatic carbocycles. The highest BCUT2D eigenvalue weighted by Gasteiger charge is 2.25. The summed E-state index contributed by atoms with van der Waals surface area (Å²) < 4.78 is 5.31. The lowest BCUT2D eigenvalue weighted by Gasteiger charge is -2.12. The van der Waals surface area contributed by atoms with E-state index in [0.717, 1.165) is 5.56 Å². The van der Waals surface area contributed by atoms with E-state index in [4.69, 9.17) is 4.74 Å². The molecule has 0 amide bonds. The number of nitrogens with one attached hydrogen (secondary N) is 1. The maximum absolute atomic E-state index is 12.4. The van der Waals surface area contributed by atoms with Crippen molar-refractivity contribution in [2.24, 2.45) is 0 Å².